The zero-order valence-electron chi connectivity index (χ0n) is 15.1. The molecule has 144 valence electrons. The van der Waals surface area contributed by atoms with Crippen molar-refractivity contribution in [1.29, 1.82) is 0 Å². The Hall–Kier alpha value is -2.39. The molecule has 2 fully saturated rings. The Balaban J connectivity index is 1.42. The predicted octanol–water partition coefficient (Wildman–Crippen LogP) is 1.01. The highest BCUT2D eigenvalue weighted by atomic mass is 19.1. The van der Waals surface area contributed by atoms with Gasteiger partial charge < -0.3 is 9.64 Å². The number of carbonyl (C=O) groups is 1. The van der Waals surface area contributed by atoms with E-state index in [2.05, 4.69) is 20.4 Å². The number of likely N-dealkylation sites (tertiary alicyclic amines) is 1. The molecule has 0 N–H and O–H groups in total. The fourth-order valence-corrected chi connectivity index (χ4v) is 3.73. The molecule has 0 spiro atoms. The number of carbonyl (C=O) groups excluding carboxylic acids is 1. The van der Waals surface area contributed by atoms with Crippen LogP contribution in [0, 0.1) is 5.82 Å². The third kappa shape index (κ3) is 4.14. The van der Waals surface area contributed by atoms with Gasteiger partial charge in [0.05, 0.1) is 25.8 Å². The van der Waals surface area contributed by atoms with Gasteiger partial charge in [0.15, 0.2) is 5.82 Å². The highest BCUT2D eigenvalue weighted by molar-refractivity contribution is 5.76. The van der Waals surface area contributed by atoms with Crippen molar-refractivity contribution < 1.29 is 13.9 Å². The van der Waals surface area contributed by atoms with Crippen LogP contribution in [0.5, 0.6) is 0 Å². The van der Waals surface area contributed by atoms with Gasteiger partial charge in [-0.1, -0.05) is 12.1 Å². The number of aromatic nitrogens is 4. The van der Waals surface area contributed by atoms with E-state index in [1.165, 1.54) is 12.1 Å². The van der Waals surface area contributed by atoms with Crippen LogP contribution in [0.1, 0.15) is 30.3 Å². The summed E-state index contributed by atoms with van der Waals surface area (Å²) in [5, 5.41) is 11.8. The molecule has 1 amide bonds. The number of rotatable bonds is 5. The summed E-state index contributed by atoms with van der Waals surface area (Å²) in [5.41, 5.74) is 0.965. The van der Waals surface area contributed by atoms with Gasteiger partial charge in [-0.3, -0.25) is 9.69 Å². The molecule has 2 saturated heterocycles. The second kappa shape index (κ2) is 8.10. The highest BCUT2D eigenvalue weighted by Gasteiger charge is 2.30. The third-order valence-corrected chi connectivity index (χ3v) is 5.19. The van der Waals surface area contributed by atoms with Crippen LogP contribution in [0.4, 0.5) is 4.39 Å². The van der Waals surface area contributed by atoms with E-state index in [0.29, 0.717) is 32.1 Å². The van der Waals surface area contributed by atoms with Crippen LogP contribution in [0.15, 0.2) is 24.3 Å². The summed E-state index contributed by atoms with van der Waals surface area (Å²) < 4.78 is 20.1. The van der Waals surface area contributed by atoms with Crippen molar-refractivity contribution >= 4 is 5.91 Å². The fourth-order valence-electron chi connectivity index (χ4n) is 3.73. The summed E-state index contributed by atoms with van der Waals surface area (Å²) in [6.07, 6.45) is 1.82. The summed E-state index contributed by atoms with van der Waals surface area (Å²) in [5.74, 6) is 0.399. The van der Waals surface area contributed by atoms with Crippen LogP contribution in [-0.4, -0.2) is 68.8 Å². The standard InChI is InChI=1S/C18H23FN6O2/c19-15-5-3-14(4-6-15)16-2-1-7-24(16)18(26)13-25-17(20-21-22-25)12-23-8-10-27-11-9-23/h3-6,16H,1-2,7-13H2/t16-/m0/s1. The molecule has 0 unspecified atom stereocenters. The Labute approximate surface area is 156 Å². The van der Waals surface area contributed by atoms with Crippen molar-refractivity contribution in [3.05, 3.63) is 41.5 Å². The minimum Gasteiger partial charge on any atom is -0.379 e. The number of tetrazole rings is 1. The smallest absolute Gasteiger partial charge is 0.244 e. The van der Waals surface area contributed by atoms with Gasteiger partial charge in [0, 0.05) is 19.6 Å². The normalized spacial score (nSPS) is 20.9. The zero-order valence-corrected chi connectivity index (χ0v) is 15.1. The van der Waals surface area contributed by atoms with Gasteiger partial charge in [-0.25, -0.2) is 9.07 Å². The number of ether oxygens (including phenoxy) is 1. The van der Waals surface area contributed by atoms with Gasteiger partial charge in [0.2, 0.25) is 5.91 Å². The Morgan fingerprint density at radius 1 is 1.19 bits per heavy atom. The first-order chi connectivity index (χ1) is 13.2. The van der Waals surface area contributed by atoms with E-state index in [9.17, 15) is 9.18 Å². The maximum absolute atomic E-state index is 13.2. The van der Waals surface area contributed by atoms with Crippen molar-refractivity contribution in [2.75, 3.05) is 32.8 Å². The van der Waals surface area contributed by atoms with E-state index in [-0.39, 0.29) is 24.3 Å². The molecule has 1 aromatic heterocycles. The summed E-state index contributed by atoms with van der Waals surface area (Å²) in [6, 6.07) is 6.38. The van der Waals surface area contributed by atoms with Gasteiger partial charge in [0.1, 0.15) is 12.4 Å². The van der Waals surface area contributed by atoms with Crippen molar-refractivity contribution in [3.8, 4) is 0 Å². The van der Waals surface area contributed by atoms with Gasteiger partial charge in [0.25, 0.3) is 0 Å². The molecule has 0 bridgehead atoms. The van der Waals surface area contributed by atoms with E-state index >= 15 is 0 Å². The number of nitrogens with zero attached hydrogens (tertiary/aromatic N) is 6. The molecule has 1 atom stereocenters. The number of amides is 1. The molecule has 2 aromatic rings. The molecule has 8 nitrogen and oxygen atoms in total. The van der Waals surface area contributed by atoms with Gasteiger partial charge in [-0.15, -0.1) is 5.10 Å². The number of benzene rings is 1. The fraction of sp³-hybridized carbons (Fsp3) is 0.556. The number of morpholine rings is 1. The van der Waals surface area contributed by atoms with Crippen LogP contribution >= 0.6 is 0 Å². The lowest BCUT2D eigenvalue weighted by molar-refractivity contribution is -0.133. The molecule has 0 aliphatic carbocycles. The van der Waals surface area contributed by atoms with Crippen molar-refractivity contribution in [2.24, 2.45) is 0 Å². The third-order valence-electron chi connectivity index (χ3n) is 5.19. The molecule has 0 saturated carbocycles. The summed E-state index contributed by atoms with van der Waals surface area (Å²) >= 11 is 0. The second-order valence-corrected chi connectivity index (χ2v) is 6.94. The second-order valence-electron chi connectivity index (χ2n) is 6.94. The predicted molar refractivity (Wildman–Crippen MR) is 94.0 cm³/mol. The van der Waals surface area contributed by atoms with Crippen molar-refractivity contribution in [2.45, 2.75) is 32.0 Å². The molecule has 27 heavy (non-hydrogen) atoms. The van der Waals surface area contributed by atoms with Crippen molar-refractivity contribution in [3.63, 3.8) is 0 Å². The number of hydrogen-bond acceptors (Lipinski definition) is 6. The molecular weight excluding hydrogens is 351 g/mol. The van der Waals surface area contributed by atoms with Crippen LogP contribution in [0.2, 0.25) is 0 Å². The number of halogens is 1. The molecule has 4 rings (SSSR count). The van der Waals surface area contributed by atoms with Crippen LogP contribution in [-0.2, 0) is 22.6 Å². The van der Waals surface area contributed by atoms with E-state index in [1.807, 2.05) is 4.90 Å². The van der Waals surface area contributed by atoms with Crippen LogP contribution in [0.3, 0.4) is 0 Å². The minimum absolute atomic E-state index is 0.0163. The molecule has 2 aliphatic heterocycles. The average Bonchev–Trinajstić information content (AvgIpc) is 3.33. The molecule has 9 heteroatoms. The van der Waals surface area contributed by atoms with E-state index in [4.69, 9.17) is 4.74 Å². The average molecular weight is 374 g/mol. The Kier molecular flexibility index (Phi) is 5.40. The summed E-state index contributed by atoms with van der Waals surface area (Å²) in [7, 11) is 0. The van der Waals surface area contributed by atoms with Crippen molar-refractivity contribution in [1.82, 2.24) is 30.0 Å². The first kappa shape index (κ1) is 18.0. The molecule has 2 aliphatic rings. The molecule has 3 heterocycles. The van der Waals surface area contributed by atoms with Gasteiger partial charge >= 0.3 is 0 Å². The zero-order chi connectivity index (χ0) is 18.6. The summed E-state index contributed by atoms with van der Waals surface area (Å²) in [4.78, 5) is 17.0. The van der Waals surface area contributed by atoms with E-state index < -0.39 is 0 Å². The molecule has 0 radical (unpaired) electrons. The molecular formula is C18H23FN6O2. The first-order valence-electron chi connectivity index (χ1n) is 9.31. The highest BCUT2D eigenvalue weighted by Crippen LogP contribution is 2.32. The Morgan fingerprint density at radius 3 is 2.74 bits per heavy atom. The van der Waals surface area contributed by atoms with E-state index in [0.717, 1.165) is 31.5 Å². The quantitative estimate of drug-likeness (QED) is 0.777. The lowest BCUT2D eigenvalue weighted by Crippen LogP contribution is -2.37. The number of hydrogen-bond donors (Lipinski definition) is 0. The largest absolute Gasteiger partial charge is 0.379 e. The maximum atomic E-state index is 13.2. The first-order valence-corrected chi connectivity index (χ1v) is 9.31. The van der Waals surface area contributed by atoms with E-state index in [1.54, 1.807) is 16.8 Å². The minimum atomic E-state index is -0.268. The SMILES string of the molecule is O=C(Cn1nnnc1CN1CCOCC1)N1CCC[C@H]1c1ccc(F)cc1. The maximum Gasteiger partial charge on any atom is 0.244 e. The summed E-state index contributed by atoms with van der Waals surface area (Å²) in [6.45, 7) is 4.48. The Morgan fingerprint density at radius 2 is 1.96 bits per heavy atom. The van der Waals surface area contributed by atoms with Gasteiger partial charge in [-0.05, 0) is 41.0 Å². The van der Waals surface area contributed by atoms with Gasteiger partial charge in [-0.2, -0.15) is 0 Å². The van der Waals surface area contributed by atoms with Crippen LogP contribution < -0.4 is 0 Å². The molecule has 1 aromatic carbocycles. The lowest BCUT2D eigenvalue weighted by Gasteiger charge is -2.27. The lowest BCUT2D eigenvalue weighted by atomic mass is 10.0. The Bertz CT molecular complexity index is 774. The van der Waals surface area contributed by atoms with Crippen LogP contribution in [0.25, 0.3) is 0 Å². The topological polar surface area (TPSA) is 76.4 Å². The monoisotopic (exact) mass is 374 g/mol.